The maximum Gasteiger partial charge on any atom is 0.262 e. The highest BCUT2D eigenvalue weighted by atomic mass is 32.2. The van der Waals surface area contributed by atoms with Crippen molar-refractivity contribution in [1.82, 2.24) is 4.98 Å². The van der Waals surface area contributed by atoms with E-state index in [0.29, 0.717) is 28.3 Å². The number of aromatic nitrogens is 1. The number of rotatable bonds is 6. The molecule has 1 fully saturated rings. The maximum atomic E-state index is 13.0. The summed E-state index contributed by atoms with van der Waals surface area (Å²) in [6.45, 7) is 5.36. The normalized spacial score (nSPS) is 13.8. The first-order chi connectivity index (χ1) is 15.3. The molecule has 166 valence electrons. The molecule has 0 radical (unpaired) electrons. The number of nitrogens with zero attached hydrogens (tertiary/aromatic N) is 2. The molecule has 0 saturated carbocycles. The smallest absolute Gasteiger partial charge is 0.262 e. The molecule has 7 nitrogen and oxygen atoms in total. The second-order valence-corrected chi connectivity index (χ2v) is 9.63. The number of hydrogen-bond donors (Lipinski definition) is 2. The molecule has 4 rings (SSSR count). The Morgan fingerprint density at radius 3 is 2.50 bits per heavy atom. The third-order valence-corrected chi connectivity index (χ3v) is 6.97. The van der Waals surface area contributed by atoms with Crippen LogP contribution in [0, 0.1) is 13.8 Å². The molecule has 1 aliphatic rings. The van der Waals surface area contributed by atoms with E-state index in [4.69, 9.17) is 0 Å². The lowest BCUT2D eigenvalue weighted by atomic mass is 10.2. The molecule has 0 spiro atoms. The average molecular weight is 451 g/mol. The number of anilines is 3. The van der Waals surface area contributed by atoms with Crippen molar-refractivity contribution in [2.45, 2.75) is 31.6 Å². The summed E-state index contributed by atoms with van der Waals surface area (Å²) in [6, 6.07) is 15.5. The zero-order valence-corrected chi connectivity index (χ0v) is 18.9. The Bertz CT molecular complexity index is 1250. The predicted octanol–water partition coefficient (Wildman–Crippen LogP) is 4.35. The Morgan fingerprint density at radius 2 is 1.75 bits per heavy atom. The largest absolute Gasteiger partial charge is 0.356 e. The van der Waals surface area contributed by atoms with Crippen molar-refractivity contribution in [3.05, 3.63) is 77.5 Å². The lowest BCUT2D eigenvalue weighted by molar-refractivity contribution is 0.102. The molecule has 32 heavy (non-hydrogen) atoms. The van der Waals surface area contributed by atoms with Gasteiger partial charge in [0.1, 0.15) is 5.82 Å². The van der Waals surface area contributed by atoms with Crippen LogP contribution in [-0.2, 0) is 10.0 Å². The van der Waals surface area contributed by atoms with E-state index < -0.39 is 10.0 Å². The third-order valence-electron chi connectivity index (χ3n) is 5.44. The van der Waals surface area contributed by atoms with Crippen LogP contribution in [0.1, 0.15) is 34.3 Å². The van der Waals surface area contributed by atoms with E-state index in [0.717, 1.165) is 31.5 Å². The molecule has 1 aromatic heterocycles. The summed E-state index contributed by atoms with van der Waals surface area (Å²) in [7, 11) is -3.83. The van der Waals surface area contributed by atoms with E-state index in [1.165, 1.54) is 6.07 Å². The van der Waals surface area contributed by atoms with Gasteiger partial charge in [-0.05, 0) is 74.2 Å². The first-order valence-corrected chi connectivity index (χ1v) is 12.0. The van der Waals surface area contributed by atoms with E-state index in [-0.39, 0.29) is 10.8 Å². The monoisotopic (exact) mass is 450 g/mol. The minimum atomic E-state index is -3.83. The fourth-order valence-corrected chi connectivity index (χ4v) is 5.16. The Hall–Kier alpha value is -3.39. The highest BCUT2D eigenvalue weighted by molar-refractivity contribution is 7.92. The number of aryl methyl sites for hydroxylation is 2. The van der Waals surface area contributed by atoms with E-state index in [9.17, 15) is 13.2 Å². The van der Waals surface area contributed by atoms with Crippen molar-refractivity contribution >= 4 is 33.1 Å². The number of carbonyl (C=O) groups is 1. The molecule has 1 saturated heterocycles. The van der Waals surface area contributed by atoms with Crippen LogP contribution in [0.25, 0.3) is 0 Å². The molecular weight excluding hydrogens is 424 g/mol. The van der Waals surface area contributed by atoms with Crippen molar-refractivity contribution in [1.29, 1.82) is 0 Å². The van der Waals surface area contributed by atoms with Gasteiger partial charge in [0.05, 0.1) is 10.5 Å². The Balaban J connectivity index is 1.59. The quantitative estimate of drug-likeness (QED) is 0.583. The van der Waals surface area contributed by atoms with Crippen molar-refractivity contribution in [2.75, 3.05) is 28.0 Å². The van der Waals surface area contributed by atoms with Crippen LogP contribution in [0.4, 0.5) is 17.2 Å². The topological polar surface area (TPSA) is 91.4 Å². The number of hydrogen-bond acceptors (Lipinski definition) is 5. The predicted molar refractivity (Wildman–Crippen MR) is 127 cm³/mol. The standard InChI is InChI=1S/C24H26N4O3S/c1-17-7-5-8-20(15-17)27-32(30,31)22-16-19(11-10-18(22)2)26-24(29)21-9-6-12-25-23(21)28-13-3-4-14-28/h5-12,15-16,27H,3-4,13-14H2,1-2H3,(H,26,29). The Labute approximate surface area is 188 Å². The van der Waals surface area contributed by atoms with Crippen LogP contribution in [0.2, 0.25) is 0 Å². The molecule has 2 aromatic carbocycles. The summed E-state index contributed by atoms with van der Waals surface area (Å²) >= 11 is 0. The summed E-state index contributed by atoms with van der Waals surface area (Å²) in [5, 5.41) is 2.84. The van der Waals surface area contributed by atoms with Gasteiger partial charge in [0, 0.05) is 30.7 Å². The Kier molecular flexibility index (Phi) is 6.14. The molecule has 0 bridgehead atoms. The van der Waals surface area contributed by atoms with E-state index in [1.807, 2.05) is 13.0 Å². The molecule has 1 aliphatic heterocycles. The highest BCUT2D eigenvalue weighted by Crippen LogP contribution is 2.26. The van der Waals surface area contributed by atoms with E-state index in [1.54, 1.807) is 55.6 Å². The summed E-state index contributed by atoms with van der Waals surface area (Å²) in [4.78, 5) is 19.6. The number of amides is 1. The fraction of sp³-hybridized carbons (Fsp3) is 0.250. The van der Waals surface area contributed by atoms with Gasteiger partial charge < -0.3 is 10.2 Å². The van der Waals surface area contributed by atoms with Gasteiger partial charge in [0.25, 0.3) is 15.9 Å². The van der Waals surface area contributed by atoms with Crippen molar-refractivity contribution < 1.29 is 13.2 Å². The minimum absolute atomic E-state index is 0.114. The second kappa shape index (κ2) is 9.00. The first-order valence-electron chi connectivity index (χ1n) is 10.5. The van der Waals surface area contributed by atoms with Crippen LogP contribution < -0.4 is 14.9 Å². The van der Waals surface area contributed by atoms with Crippen molar-refractivity contribution in [3.8, 4) is 0 Å². The lowest BCUT2D eigenvalue weighted by Gasteiger charge is -2.19. The average Bonchev–Trinajstić information content (AvgIpc) is 3.29. The van der Waals surface area contributed by atoms with E-state index >= 15 is 0 Å². The van der Waals surface area contributed by atoms with Gasteiger partial charge >= 0.3 is 0 Å². The molecule has 0 atom stereocenters. The number of pyridine rings is 1. The zero-order valence-electron chi connectivity index (χ0n) is 18.1. The Morgan fingerprint density at radius 1 is 0.969 bits per heavy atom. The lowest BCUT2D eigenvalue weighted by Crippen LogP contribution is -2.24. The van der Waals surface area contributed by atoms with Crippen LogP contribution in [0.3, 0.4) is 0 Å². The molecule has 0 aliphatic carbocycles. The summed E-state index contributed by atoms with van der Waals surface area (Å²) in [5.74, 6) is 0.336. The molecule has 0 unspecified atom stereocenters. The van der Waals surface area contributed by atoms with Gasteiger partial charge in [0.2, 0.25) is 0 Å². The van der Waals surface area contributed by atoms with E-state index in [2.05, 4.69) is 19.9 Å². The van der Waals surface area contributed by atoms with Crippen LogP contribution in [0.5, 0.6) is 0 Å². The number of nitrogens with one attached hydrogen (secondary N) is 2. The molecule has 3 aromatic rings. The van der Waals surface area contributed by atoms with Crippen LogP contribution in [-0.4, -0.2) is 32.4 Å². The van der Waals surface area contributed by atoms with Gasteiger partial charge in [-0.15, -0.1) is 0 Å². The second-order valence-electron chi connectivity index (χ2n) is 7.98. The zero-order chi connectivity index (χ0) is 22.7. The third kappa shape index (κ3) is 4.75. The minimum Gasteiger partial charge on any atom is -0.356 e. The van der Waals surface area contributed by atoms with Gasteiger partial charge in [-0.1, -0.05) is 18.2 Å². The number of benzene rings is 2. The van der Waals surface area contributed by atoms with Gasteiger partial charge in [-0.2, -0.15) is 0 Å². The molecule has 2 heterocycles. The molecule has 8 heteroatoms. The van der Waals surface area contributed by atoms with Crippen molar-refractivity contribution in [2.24, 2.45) is 0 Å². The van der Waals surface area contributed by atoms with Crippen LogP contribution in [0.15, 0.2) is 65.7 Å². The highest BCUT2D eigenvalue weighted by Gasteiger charge is 2.22. The SMILES string of the molecule is Cc1cccc(NS(=O)(=O)c2cc(NC(=O)c3cccnc3N3CCCC3)ccc2C)c1. The molecule has 2 N–H and O–H groups in total. The maximum absolute atomic E-state index is 13.0. The number of sulfonamides is 1. The molecule has 1 amide bonds. The molecular formula is C24H26N4O3S. The first kappa shape index (κ1) is 21.8. The summed E-state index contributed by atoms with van der Waals surface area (Å²) < 4.78 is 28.7. The van der Waals surface area contributed by atoms with Gasteiger partial charge in [-0.3, -0.25) is 9.52 Å². The number of carbonyl (C=O) groups excluding carboxylic acids is 1. The summed E-state index contributed by atoms with van der Waals surface area (Å²) in [5.41, 5.74) is 2.90. The summed E-state index contributed by atoms with van der Waals surface area (Å²) in [6.07, 6.45) is 3.83. The van der Waals surface area contributed by atoms with Gasteiger partial charge in [0.15, 0.2) is 0 Å². The van der Waals surface area contributed by atoms with Crippen molar-refractivity contribution in [3.63, 3.8) is 0 Å². The van der Waals surface area contributed by atoms with Gasteiger partial charge in [-0.25, -0.2) is 13.4 Å². The fourth-order valence-electron chi connectivity index (χ4n) is 3.84. The van der Waals surface area contributed by atoms with Crippen LogP contribution >= 0.6 is 0 Å².